The number of nitro benzene ring substituents is 1. The van der Waals surface area contributed by atoms with E-state index in [0.29, 0.717) is 0 Å². The molecular weight excluding hydrogens is 390 g/mol. The number of non-ortho nitro benzene ring substituents is 1. The van der Waals surface area contributed by atoms with Gasteiger partial charge in [0, 0.05) is 24.2 Å². The van der Waals surface area contributed by atoms with Crippen LogP contribution in [-0.4, -0.2) is 26.9 Å². The van der Waals surface area contributed by atoms with E-state index in [1.165, 1.54) is 18.2 Å². The molecule has 0 atom stereocenters. The second kappa shape index (κ2) is 8.43. The van der Waals surface area contributed by atoms with Crippen molar-refractivity contribution < 1.29 is 9.72 Å². The van der Waals surface area contributed by atoms with E-state index in [-0.39, 0.29) is 35.8 Å². The second-order valence-electron chi connectivity index (χ2n) is 6.42. The molecule has 0 saturated carbocycles. The van der Waals surface area contributed by atoms with Crippen molar-refractivity contribution in [2.75, 3.05) is 17.2 Å². The first kappa shape index (κ1) is 20.5. The standard InChI is InChI=1S/C20H19N5O5/c1-2-23(19(27)14-9-6-10-15(11-14)25(29)30)16-17(21)24(20(28)22-18(16)26)12-13-7-4-3-5-8-13/h3-11H,2,12,21H2,1H3,(H,22,26,28). The lowest BCUT2D eigenvalue weighted by atomic mass is 10.1. The van der Waals surface area contributed by atoms with Crippen molar-refractivity contribution in [3.05, 3.63) is 96.7 Å². The molecule has 10 heteroatoms. The van der Waals surface area contributed by atoms with Crippen LogP contribution in [0.2, 0.25) is 0 Å². The van der Waals surface area contributed by atoms with Crippen LogP contribution in [0.5, 0.6) is 0 Å². The molecule has 0 fully saturated rings. The minimum absolute atomic E-state index is 0.0191. The average molecular weight is 409 g/mol. The number of amides is 1. The molecule has 30 heavy (non-hydrogen) atoms. The van der Waals surface area contributed by atoms with Crippen molar-refractivity contribution >= 4 is 23.1 Å². The van der Waals surface area contributed by atoms with Crippen LogP contribution in [0.4, 0.5) is 17.2 Å². The van der Waals surface area contributed by atoms with Crippen molar-refractivity contribution in [2.24, 2.45) is 0 Å². The zero-order valence-electron chi connectivity index (χ0n) is 16.1. The van der Waals surface area contributed by atoms with Gasteiger partial charge in [-0.3, -0.25) is 29.3 Å². The highest BCUT2D eigenvalue weighted by molar-refractivity contribution is 6.07. The molecule has 3 N–H and O–H groups in total. The number of aromatic nitrogens is 2. The number of nitro groups is 1. The maximum Gasteiger partial charge on any atom is 0.330 e. The molecule has 154 valence electrons. The van der Waals surface area contributed by atoms with Gasteiger partial charge in [0.15, 0.2) is 5.69 Å². The number of anilines is 2. The summed E-state index contributed by atoms with van der Waals surface area (Å²) >= 11 is 0. The number of benzene rings is 2. The summed E-state index contributed by atoms with van der Waals surface area (Å²) in [5.74, 6) is -0.823. The molecule has 1 amide bonds. The molecule has 3 aromatic rings. The Bertz CT molecular complexity index is 1220. The lowest BCUT2D eigenvalue weighted by Gasteiger charge is -2.23. The maximum atomic E-state index is 13.0. The SMILES string of the molecule is CCN(C(=O)c1cccc([N+](=O)[O-])c1)c1c(N)n(Cc2ccccc2)c(=O)[nH]c1=O. The fraction of sp³-hybridized carbons (Fsp3) is 0.150. The molecule has 0 aliphatic heterocycles. The number of hydrogen-bond donors (Lipinski definition) is 2. The topological polar surface area (TPSA) is 144 Å². The summed E-state index contributed by atoms with van der Waals surface area (Å²) in [6, 6.07) is 14.2. The van der Waals surface area contributed by atoms with Crippen molar-refractivity contribution in [1.29, 1.82) is 0 Å². The first-order valence-corrected chi connectivity index (χ1v) is 9.06. The van der Waals surface area contributed by atoms with E-state index in [9.17, 15) is 24.5 Å². The van der Waals surface area contributed by atoms with Crippen molar-refractivity contribution in [1.82, 2.24) is 9.55 Å². The van der Waals surface area contributed by atoms with Crippen LogP contribution >= 0.6 is 0 Å². The van der Waals surface area contributed by atoms with E-state index in [4.69, 9.17) is 5.73 Å². The Morgan fingerprint density at radius 1 is 1.17 bits per heavy atom. The Hall–Kier alpha value is -4.21. The van der Waals surface area contributed by atoms with Gasteiger partial charge < -0.3 is 10.6 Å². The van der Waals surface area contributed by atoms with Gasteiger partial charge in [-0.1, -0.05) is 36.4 Å². The van der Waals surface area contributed by atoms with Gasteiger partial charge in [0.05, 0.1) is 11.5 Å². The summed E-state index contributed by atoms with van der Waals surface area (Å²) in [5.41, 5.74) is 4.97. The van der Waals surface area contributed by atoms with Gasteiger partial charge in [-0.15, -0.1) is 0 Å². The van der Waals surface area contributed by atoms with E-state index in [2.05, 4.69) is 4.98 Å². The Kier molecular flexibility index (Phi) is 5.77. The Morgan fingerprint density at radius 3 is 2.50 bits per heavy atom. The van der Waals surface area contributed by atoms with Crippen molar-refractivity contribution in [2.45, 2.75) is 13.5 Å². The number of rotatable bonds is 6. The van der Waals surface area contributed by atoms with Gasteiger partial charge in [0.25, 0.3) is 17.2 Å². The molecule has 10 nitrogen and oxygen atoms in total. The number of nitrogens with two attached hydrogens (primary N) is 1. The first-order chi connectivity index (χ1) is 14.3. The van der Waals surface area contributed by atoms with Crippen LogP contribution in [0.1, 0.15) is 22.8 Å². The first-order valence-electron chi connectivity index (χ1n) is 9.06. The van der Waals surface area contributed by atoms with Gasteiger partial charge in [-0.05, 0) is 18.6 Å². The summed E-state index contributed by atoms with van der Waals surface area (Å²) < 4.78 is 1.16. The van der Waals surface area contributed by atoms with Crippen LogP contribution in [0.15, 0.2) is 64.2 Å². The number of carbonyl (C=O) groups is 1. The monoisotopic (exact) mass is 409 g/mol. The van der Waals surface area contributed by atoms with E-state index in [1.54, 1.807) is 31.2 Å². The molecule has 0 unspecified atom stereocenters. The van der Waals surface area contributed by atoms with Gasteiger partial charge in [-0.25, -0.2) is 4.79 Å². The Labute approximate surface area is 170 Å². The summed E-state index contributed by atoms with van der Waals surface area (Å²) in [4.78, 5) is 51.6. The highest BCUT2D eigenvalue weighted by Gasteiger charge is 2.25. The molecule has 0 aliphatic rings. The summed E-state index contributed by atoms with van der Waals surface area (Å²) in [6.45, 7) is 1.77. The fourth-order valence-corrected chi connectivity index (χ4v) is 3.07. The molecular formula is C20H19N5O5. The number of hydrogen-bond acceptors (Lipinski definition) is 6. The van der Waals surface area contributed by atoms with Crippen LogP contribution < -0.4 is 21.9 Å². The highest BCUT2D eigenvalue weighted by Crippen LogP contribution is 2.21. The number of nitrogens with zero attached hydrogens (tertiary/aromatic N) is 3. The van der Waals surface area contributed by atoms with Crippen LogP contribution in [-0.2, 0) is 6.54 Å². The van der Waals surface area contributed by atoms with Gasteiger partial charge in [0.1, 0.15) is 5.82 Å². The molecule has 0 radical (unpaired) electrons. The van der Waals surface area contributed by atoms with Crippen molar-refractivity contribution in [3.63, 3.8) is 0 Å². The molecule has 1 aromatic heterocycles. The smallest absolute Gasteiger partial charge is 0.330 e. The summed E-state index contributed by atoms with van der Waals surface area (Å²) in [7, 11) is 0. The van der Waals surface area contributed by atoms with E-state index < -0.39 is 22.1 Å². The summed E-state index contributed by atoms with van der Waals surface area (Å²) in [6.07, 6.45) is 0. The molecule has 3 rings (SSSR count). The number of aromatic amines is 1. The quantitative estimate of drug-likeness (QED) is 0.469. The summed E-state index contributed by atoms with van der Waals surface area (Å²) in [5, 5.41) is 11.0. The zero-order valence-corrected chi connectivity index (χ0v) is 16.1. The third-order valence-corrected chi connectivity index (χ3v) is 4.53. The number of H-pyrrole nitrogens is 1. The zero-order chi connectivity index (χ0) is 21.8. The van der Waals surface area contributed by atoms with E-state index in [0.717, 1.165) is 21.1 Å². The molecule has 0 aliphatic carbocycles. The Balaban J connectivity index is 2.08. The average Bonchev–Trinajstić information content (AvgIpc) is 2.74. The predicted molar refractivity (Wildman–Crippen MR) is 112 cm³/mol. The van der Waals surface area contributed by atoms with E-state index in [1.807, 2.05) is 6.07 Å². The molecule has 0 bridgehead atoms. The maximum absolute atomic E-state index is 13.0. The fourth-order valence-electron chi connectivity index (χ4n) is 3.07. The van der Waals surface area contributed by atoms with Gasteiger partial charge >= 0.3 is 5.69 Å². The highest BCUT2D eigenvalue weighted by atomic mass is 16.6. The second-order valence-corrected chi connectivity index (χ2v) is 6.42. The van der Waals surface area contributed by atoms with Gasteiger partial charge in [-0.2, -0.15) is 0 Å². The minimum atomic E-state index is -0.817. The third kappa shape index (κ3) is 3.97. The Morgan fingerprint density at radius 2 is 1.87 bits per heavy atom. The van der Waals surface area contributed by atoms with Crippen LogP contribution in [0.25, 0.3) is 0 Å². The van der Waals surface area contributed by atoms with Crippen LogP contribution in [0, 0.1) is 10.1 Å². The molecule has 0 saturated heterocycles. The normalized spacial score (nSPS) is 10.6. The van der Waals surface area contributed by atoms with Crippen molar-refractivity contribution in [3.8, 4) is 0 Å². The molecule has 2 aromatic carbocycles. The lowest BCUT2D eigenvalue weighted by molar-refractivity contribution is -0.384. The predicted octanol–water partition coefficient (Wildman–Crippen LogP) is 1.74. The third-order valence-electron chi connectivity index (χ3n) is 4.53. The molecule has 0 spiro atoms. The number of nitrogen functional groups attached to an aromatic ring is 1. The minimum Gasteiger partial charge on any atom is -0.383 e. The lowest BCUT2D eigenvalue weighted by Crippen LogP contribution is -2.41. The van der Waals surface area contributed by atoms with E-state index >= 15 is 0 Å². The molecule has 1 heterocycles. The number of carbonyl (C=O) groups excluding carboxylic acids is 1. The van der Waals surface area contributed by atoms with Gasteiger partial charge in [0.2, 0.25) is 0 Å². The van der Waals surface area contributed by atoms with Crippen LogP contribution in [0.3, 0.4) is 0 Å². The number of nitrogens with one attached hydrogen (secondary N) is 1. The largest absolute Gasteiger partial charge is 0.383 e.